The lowest BCUT2D eigenvalue weighted by Gasteiger charge is -2.39. The van der Waals surface area contributed by atoms with Crippen LogP contribution >= 0.6 is 0 Å². The Labute approximate surface area is 163 Å². The Balaban J connectivity index is 0. The van der Waals surface area contributed by atoms with E-state index in [-0.39, 0.29) is 13.0 Å². The summed E-state index contributed by atoms with van der Waals surface area (Å²) in [5.74, 6) is -1.01. The molecule has 26 heavy (non-hydrogen) atoms. The van der Waals surface area contributed by atoms with Crippen molar-refractivity contribution >= 4 is 5.97 Å². The van der Waals surface area contributed by atoms with E-state index < -0.39 is 5.97 Å². The van der Waals surface area contributed by atoms with Crippen LogP contribution in [0.1, 0.15) is 105 Å². The molecule has 0 aromatic carbocycles. The third kappa shape index (κ3) is 18.2. The number of aliphatic hydroxyl groups is 1. The van der Waals surface area contributed by atoms with Gasteiger partial charge in [0.1, 0.15) is 0 Å². The summed E-state index contributed by atoms with van der Waals surface area (Å²) in [6, 6.07) is 0. The van der Waals surface area contributed by atoms with Gasteiger partial charge in [-0.3, -0.25) is 0 Å². The van der Waals surface area contributed by atoms with Crippen LogP contribution in [0.15, 0.2) is 0 Å². The molecule has 0 aliphatic rings. The SMILES string of the molecule is CCCC[N+](CCCC)(CCCC)CCCC.O=C([O-])CCCCCO. The smallest absolute Gasteiger partial charge is 0.0786 e. The van der Waals surface area contributed by atoms with E-state index >= 15 is 0 Å². The van der Waals surface area contributed by atoms with Gasteiger partial charge in [0.2, 0.25) is 0 Å². The van der Waals surface area contributed by atoms with E-state index in [4.69, 9.17) is 5.11 Å². The van der Waals surface area contributed by atoms with Crippen LogP contribution in [0, 0.1) is 0 Å². The zero-order valence-electron chi connectivity index (χ0n) is 18.2. The lowest BCUT2D eigenvalue weighted by molar-refractivity contribution is -0.929. The first-order valence-electron chi connectivity index (χ1n) is 11.2. The Hall–Kier alpha value is -0.610. The van der Waals surface area contributed by atoms with Gasteiger partial charge in [-0.05, 0) is 44.9 Å². The summed E-state index contributed by atoms with van der Waals surface area (Å²) in [5, 5.41) is 18.1. The number of unbranched alkanes of at least 4 members (excludes halogenated alkanes) is 6. The van der Waals surface area contributed by atoms with E-state index in [2.05, 4.69) is 27.7 Å². The monoisotopic (exact) mass is 373 g/mol. The molecule has 0 aromatic rings. The summed E-state index contributed by atoms with van der Waals surface area (Å²) < 4.78 is 1.42. The topological polar surface area (TPSA) is 60.4 Å². The molecule has 158 valence electrons. The predicted molar refractivity (Wildman–Crippen MR) is 110 cm³/mol. The zero-order chi connectivity index (χ0) is 20.1. The fraction of sp³-hybridized carbons (Fsp3) is 0.955. The van der Waals surface area contributed by atoms with E-state index in [1.807, 2.05) is 0 Å². The molecule has 0 fully saturated rings. The number of nitrogens with zero attached hydrogens (tertiary/aromatic N) is 1. The highest BCUT2D eigenvalue weighted by atomic mass is 16.4. The Morgan fingerprint density at radius 3 is 1.35 bits per heavy atom. The van der Waals surface area contributed by atoms with Gasteiger partial charge in [-0.1, -0.05) is 59.8 Å². The van der Waals surface area contributed by atoms with E-state index in [0.717, 1.165) is 6.42 Å². The van der Waals surface area contributed by atoms with Crippen molar-refractivity contribution in [2.45, 2.75) is 105 Å². The third-order valence-electron chi connectivity index (χ3n) is 4.98. The molecule has 4 heteroatoms. The molecule has 0 bridgehead atoms. The van der Waals surface area contributed by atoms with Gasteiger partial charge in [-0.25, -0.2) is 0 Å². The zero-order valence-corrected chi connectivity index (χ0v) is 18.2. The molecule has 0 unspecified atom stereocenters. The van der Waals surface area contributed by atoms with Crippen molar-refractivity contribution in [3.63, 3.8) is 0 Å². The van der Waals surface area contributed by atoms with Crippen molar-refractivity contribution in [1.82, 2.24) is 0 Å². The second-order valence-corrected chi connectivity index (χ2v) is 7.56. The van der Waals surface area contributed by atoms with Crippen molar-refractivity contribution in [2.75, 3.05) is 32.8 Å². The minimum absolute atomic E-state index is 0.111. The lowest BCUT2D eigenvalue weighted by atomic mass is 10.1. The molecule has 0 atom stereocenters. The van der Waals surface area contributed by atoms with Crippen LogP contribution in [0.2, 0.25) is 0 Å². The number of hydrogen-bond acceptors (Lipinski definition) is 3. The molecular weight excluding hydrogens is 326 g/mol. The van der Waals surface area contributed by atoms with E-state index in [9.17, 15) is 9.90 Å². The van der Waals surface area contributed by atoms with Crippen molar-refractivity contribution in [1.29, 1.82) is 0 Å². The average Bonchev–Trinajstić information content (AvgIpc) is 2.64. The average molecular weight is 374 g/mol. The summed E-state index contributed by atoms with van der Waals surface area (Å²) in [5.41, 5.74) is 0. The van der Waals surface area contributed by atoms with Crippen LogP contribution in [0.4, 0.5) is 0 Å². The fourth-order valence-electron chi connectivity index (χ4n) is 3.20. The van der Waals surface area contributed by atoms with Gasteiger partial charge >= 0.3 is 0 Å². The molecule has 0 amide bonds. The summed E-state index contributed by atoms with van der Waals surface area (Å²) in [6.07, 6.45) is 13.2. The Kier molecular flexibility index (Phi) is 22.0. The molecule has 0 aromatic heterocycles. The van der Waals surface area contributed by atoms with Gasteiger partial charge in [0.15, 0.2) is 0 Å². The molecule has 0 aliphatic heterocycles. The largest absolute Gasteiger partial charge is 0.550 e. The maximum Gasteiger partial charge on any atom is 0.0786 e. The van der Waals surface area contributed by atoms with Crippen LogP contribution < -0.4 is 5.11 Å². The van der Waals surface area contributed by atoms with Crippen LogP contribution in [0.25, 0.3) is 0 Å². The van der Waals surface area contributed by atoms with Gasteiger partial charge in [-0.15, -0.1) is 0 Å². The molecule has 0 aliphatic carbocycles. The van der Waals surface area contributed by atoms with Gasteiger partial charge in [-0.2, -0.15) is 0 Å². The van der Waals surface area contributed by atoms with Crippen LogP contribution in [0.5, 0.6) is 0 Å². The van der Waals surface area contributed by atoms with Crippen molar-refractivity contribution in [2.24, 2.45) is 0 Å². The highest BCUT2D eigenvalue weighted by molar-refractivity contribution is 5.63. The molecule has 0 rings (SSSR count). The van der Waals surface area contributed by atoms with Gasteiger partial charge < -0.3 is 19.5 Å². The molecule has 0 heterocycles. The van der Waals surface area contributed by atoms with Crippen LogP contribution in [-0.4, -0.2) is 48.3 Å². The highest BCUT2D eigenvalue weighted by Gasteiger charge is 2.24. The Morgan fingerprint density at radius 2 is 1.08 bits per heavy atom. The second-order valence-electron chi connectivity index (χ2n) is 7.56. The minimum atomic E-state index is -1.01. The number of rotatable bonds is 17. The maximum absolute atomic E-state index is 9.79. The summed E-state index contributed by atoms with van der Waals surface area (Å²) >= 11 is 0. The number of carboxylic acid groups (broad SMARTS) is 1. The molecule has 0 radical (unpaired) electrons. The summed E-state index contributed by atoms with van der Waals surface area (Å²) in [4.78, 5) is 9.79. The predicted octanol–water partition coefficient (Wildman–Crippen LogP) is 4.29. The first-order chi connectivity index (χ1) is 12.5. The van der Waals surface area contributed by atoms with Crippen molar-refractivity contribution < 1.29 is 19.5 Å². The molecule has 0 saturated carbocycles. The van der Waals surface area contributed by atoms with Crippen molar-refractivity contribution in [3.8, 4) is 0 Å². The van der Waals surface area contributed by atoms with E-state index in [1.54, 1.807) is 0 Å². The van der Waals surface area contributed by atoms with Crippen LogP contribution in [-0.2, 0) is 4.79 Å². The minimum Gasteiger partial charge on any atom is -0.550 e. The maximum atomic E-state index is 9.79. The summed E-state index contributed by atoms with van der Waals surface area (Å²) in [7, 11) is 0. The fourth-order valence-corrected chi connectivity index (χ4v) is 3.20. The number of carboxylic acids is 1. The number of aliphatic hydroxyl groups excluding tert-OH is 1. The first kappa shape index (κ1) is 27.6. The number of carbonyl (C=O) groups is 1. The van der Waals surface area contributed by atoms with E-state index in [1.165, 1.54) is 82.0 Å². The van der Waals surface area contributed by atoms with Crippen molar-refractivity contribution in [3.05, 3.63) is 0 Å². The number of hydrogen-bond donors (Lipinski definition) is 1. The van der Waals surface area contributed by atoms with E-state index in [0.29, 0.717) is 12.8 Å². The molecular formula is C22H47NO3. The lowest BCUT2D eigenvalue weighted by Crippen LogP contribution is -2.50. The van der Waals surface area contributed by atoms with Gasteiger partial charge in [0, 0.05) is 12.6 Å². The summed E-state index contributed by atoms with van der Waals surface area (Å²) in [6.45, 7) is 15.2. The number of quaternary nitrogens is 1. The van der Waals surface area contributed by atoms with Gasteiger partial charge in [0.05, 0.1) is 26.2 Å². The van der Waals surface area contributed by atoms with Crippen LogP contribution in [0.3, 0.4) is 0 Å². The molecule has 0 saturated heterocycles. The third-order valence-corrected chi connectivity index (χ3v) is 4.98. The first-order valence-corrected chi connectivity index (χ1v) is 11.2. The van der Waals surface area contributed by atoms with Gasteiger partial charge in [0.25, 0.3) is 0 Å². The standard InChI is InChI=1S/C16H36N.C6H12O3/c1-5-9-13-17(14-10-6-2,15-11-7-3)16-12-8-4;7-5-3-1-2-4-6(8)9/h5-16H2,1-4H3;7H,1-5H2,(H,8,9)/q+1;/p-1. The number of aliphatic carboxylic acids is 1. The normalized spacial score (nSPS) is 11.1. The molecule has 4 nitrogen and oxygen atoms in total. The second kappa shape index (κ2) is 20.7. The molecule has 0 spiro atoms. The Morgan fingerprint density at radius 1 is 0.692 bits per heavy atom. The highest BCUT2D eigenvalue weighted by Crippen LogP contribution is 2.16. The number of carbonyl (C=O) groups excluding carboxylic acids is 1. The molecule has 1 N–H and O–H groups in total. The Bertz CT molecular complexity index is 258. The quantitative estimate of drug-likeness (QED) is 0.305.